The van der Waals surface area contributed by atoms with Crippen LogP contribution in [0.1, 0.15) is 51.4 Å². The monoisotopic (exact) mass is 316 g/mol. The Kier molecular flexibility index (Phi) is 2.22. The van der Waals surface area contributed by atoms with Crippen LogP contribution in [0.3, 0.4) is 0 Å². The first-order valence-corrected chi connectivity index (χ1v) is 15.0. The topological polar surface area (TPSA) is 0 Å². The molecule has 0 radical (unpaired) electrons. The van der Waals surface area contributed by atoms with Gasteiger partial charge in [-0.3, -0.25) is 0 Å². The van der Waals surface area contributed by atoms with Gasteiger partial charge in [0.05, 0.1) is 0 Å². The first-order valence-electron chi connectivity index (χ1n) is 8.67. The van der Waals surface area contributed by atoms with Crippen molar-refractivity contribution in [1.82, 2.24) is 0 Å². The van der Waals surface area contributed by atoms with Gasteiger partial charge in [-0.1, -0.05) is 0 Å². The van der Waals surface area contributed by atoms with Crippen molar-refractivity contribution >= 4 is 13.3 Å². The second-order valence-electron chi connectivity index (χ2n) is 8.38. The van der Waals surface area contributed by atoms with Gasteiger partial charge in [0.2, 0.25) is 0 Å². The van der Waals surface area contributed by atoms with Crippen molar-refractivity contribution < 1.29 is 0 Å². The SMILES string of the molecule is [CH3][Ge]1([CH3])[C]2=C(C3=[C]1C1CCC3CC1)C1CCC2CC1. The first-order chi connectivity index (χ1) is 9.18. The molecule has 2 saturated carbocycles. The molecular formula is C18H26Ge. The van der Waals surface area contributed by atoms with E-state index in [1.165, 1.54) is 25.7 Å². The summed E-state index contributed by atoms with van der Waals surface area (Å²) in [6.45, 7) is 0. The Balaban J connectivity index is 1.77. The van der Waals surface area contributed by atoms with Crippen molar-refractivity contribution in [3.8, 4) is 0 Å². The van der Waals surface area contributed by atoms with Gasteiger partial charge in [0, 0.05) is 0 Å². The van der Waals surface area contributed by atoms with E-state index < -0.39 is 13.3 Å². The Morgan fingerprint density at radius 2 is 0.895 bits per heavy atom. The van der Waals surface area contributed by atoms with Gasteiger partial charge < -0.3 is 0 Å². The predicted octanol–water partition coefficient (Wildman–Crippen LogP) is 5.02. The molecule has 0 nitrogen and oxygen atoms in total. The van der Waals surface area contributed by atoms with Crippen LogP contribution in [0, 0.1) is 23.7 Å². The van der Waals surface area contributed by atoms with Gasteiger partial charge in [-0.25, -0.2) is 0 Å². The van der Waals surface area contributed by atoms with E-state index in [9.17, 15) is 0 Å². The third-order valence-electron chi connectivity index (χ3n) is 7.30. The van der Waals surface area contributed by atoms with Crippen LogP contribution in [-0.2, 0) is 0 Å². The fraction of sp³-hybridized carbons (Fsp3) is 0.778. The molecule has 1 heterocycles. The average Bonchev–Trinajstić information content (AvgIpc) is 2.75. The van der Waals surface area contributed by atoms with Crippen molar-refractivity contribution in [3.05, 3.63) is 20.0 Å². The van der Waals surface area contributed by atoms with E-state index >= 15 is 0 Å². The molecular weight excluding hydrogens is 289 g/mol. The molecule has 2 fully saturated rings. The summed E-state index contributed by atoms with van der Waals surface area (Å²) in [5.74, 6) is 9.63. The third-order valence-corrected chi connectivity index (χ3v) is 15.8. The van der Waals surface area contributed by atoms with Gasteiger partial charge in [-0.05, 0) is 0 Å². The molecule has 7 aliphatic rings. The predicted molar refractivity (Wildman–Crippen MR) is 82.4 cm³/mol. The summed E-state index contributed by atoms with van der Waals surface area (Å²) in [7, 11) is 0. The molecule has 0 aromatic heterocycles. The minimum atomic E-state index is -1.79. The molecule has 102 valence electrons. The molecule has 19 heavy (non-hydrogen) atoms. The Morgan fingerprint density at radius 3 is 1.26 bits per heavy atom. The van der Waals surface area contributed by atoms with Crippen LogP contribution < -0.4 is 0 Å². The number of hydrogen-bond donors (Lipinski definition) is 0. The molecule has 0 aromatic carbocycles. The van der Waals surface area contributed by atoms with E-state index in [0.717, 1.165) is 23.7 Å². The maximum absolute atomic E-state index is 2.76. The van der Waals surface area contributed by atoms with Gasteiger partial charge in [-0.2, -0.15) is 0 Å². The standard InChI is InChI=1S/C18H26Ge/c1-19(2)17-13-7-3-11(4-8-13)15(17)16-12-5-9-14(10-6-12)18(16)19/h11-14H,3-10H2,1-2H3. The number of allylic oxidation sites excluding steroid dienone is 4. The Morgan fingerprint density at radius 1 is 0.579 bits per heavy atom. The molecule has 0 atom stereocenters. The van der Waals surface area contributed by atoms with Crippen LogP contribution >= 0.6 is 0 Å². The van der Waals surface area contributed by atoms with E-state index in [1.807, 2.05) is 11.1 Å². The van der Waals surface area contributed by atoms with Gasteiger partial charge in [0.15, 0.2) is 0 Å². The molecule has 7 rings (SSSR count). The normalized spacial score (nSPS) is 45.8. The third kappa shape index (κ3) is 1.28. The van der Waals surface area contributed by atoms with Crippen LogP contribution in [-0.4, -0.2) is 13.3 Å². The molecule has 0 amide bonds. The Hall–Kier alpha value is 0.0229. The minimum absolute atomic E-state index is 1.01. The quantitative estimate of drug-likeness (QED) is 0.551. The van der Waals surface area contributed by atoms with Gasteiger partial charge in [-0.15, -0.1) is 0 Å². The van der Waals surface area contributed by atoms with Gasteiger partial charge in [0.1, 0.15) is 0 Å². The van der Waals surface area contributed by atoms with Crippen molar-refractivity contribution in [3.63, 3.8) is 0 Å². The summed E-state index contributed by atoms with van der Waals surface area (Å²) >= 11 is -1.79. The van der Waals surface area contributed by atoms with Crippen molar-refractivity contribution in [1.29, 1.82) is 0 Å². The van der Waals surface area contributed by atoms with Gasteiger partial charge >= 0.3 is 120 Å². The van der Waals surface area contributed by atoms with Gasteiger partial charge in [0.25, 0.3) is 0 Å². The second kappa shape index (κ2) is 3.61. The number of fused-ring (bicyclic) bond motifs is 4. The number of rotatable bonds is 0. The van der Waals surface area contributed by atoms with E-state index in [4.69, 9.17) is 0 Å². The molecule has 0 unspecified atom stereocenters. The molecule has 1 aliphatic heterocycles. The molecule has 1 heteroatoms. The zero-order valence-electron chi connectivity index (χ0n) is 12.5. The van der Waals surface area contributed by atoms with E-state index in [-0.39, 0.29) is 0 Å². The van der Waals surface area contributed by atoms with E-state index in [2.05, 4.69) is 20.3 Å². The van der Waals surface area contributed by atoms with E-state index in [1.54, 1.807) is 25.7 Å². The fourth-order valence-corrected chi connectivity index (χ4v) is 17.1. The molecule has 0 spiro atoms. The molecule has 0 N–H and O–H groups in total. The second-order valence-corrected chi connectivity index (χ2v) is 17.5. The first kappa shape index (κ1) is 11.7. The molecule has 4 bridgehead atoms. The molecule has 0 saturated heterocycles. The van der Waals surface area contributed by atoms with E-state index in [0.29, 0.717) is 0 Å². The summed E-state index contributed by atoms with van der Waals surface area (Å²) in [5.41, 5.74) is 4.05. The van der Waals surface area contributed by atoms with Crippen LogP contribution in [0.2, 0.25) is 11.5 Å². The fourth-order valence-electron chi connectivity index (χ4n) is 6.79. The van der Waals surface area contributed by atoms with Crippen LogP contribution in [0.15, 0.2) is 20.0 Å². The Labute approximate surface area is 120 Å². The summed E-state index contributed by atoms with van der Waals surface area (Å²) in [4.78, 5) is 0. The number of hydrogen-bond acceptors (Lipinski definition) is 0. The van der Waals surface area contributed by atoms with Crippen molar-refractivity contribution in [2.24, 2.45) is 23.7 Å². The van der Waals surface area contributed by atoms with Crippen LogP contribution in [0.25, 0.3) is 0 Å². The van der Waals surface area contributed by atoms with Crippen molar-refractivity contribution in [2.45, 2.75) is 62.9 Å². The van der Waals surface area contributed by atoms with Crippen LogP contribution in [0.4, 0.5) is 0 Å². The van der Waals surface area contributed by atoms with Crippen LogP contribution in [0.5, 0.6) is 0 Å². The molecule has 6 aliphatic carbocycles. The maximum atomic E-state index is 2.76. The summed E-state index contributed by atoms with van der Waals surface area (Å²) in [5, 5.41) is 0. The summed E-state index contributed by atoms with van der Waals surface area (Å²) < 4.78 is 4.26. The molecule has 0 aromatic rings. The zero-order valence-corrected chi connectivity index (χ0v) is 14.6. The van der Waals surface area contributed by atoms with Crippen molar-refractivity contribution in [2.75, 3.05) is 0 Å². The average molecular weight is 315 g/mol. The Bertz CT molecular complexity index is 460. The summed E-state index contributed by atoms with van der Waals surface area (Å²) in [6.07, 6.45) is 12.3. The zero-order chi connectivity index (χ0) is 12.8. The summed E-state index contributed by atoms with van der Waals surface area (Å²) in [6, 6.07) is 0.